The van der Waals surface area contributed by atoms with Gasteiger partial charge in [0, 0.05) is 37.1 Å². The van der Waals surface area contributed by atoms with E-state index < -0.39 is 0 Å². The second kappa shape index (κ2) is 7.75. The molecular weight excluding hydrogens is 314 g/mol. The van der Waals surface area contributed by atoms with E-state index in [9.17, 15) is 4.79 Å². The van der Waals surface area contributed by atoms with Crippen molar-refractivity contribution in [2.24, 2.45) is 0 Å². The minimum atomic E-state index is -0.284. The van der Waals surface area contributed by atoms with E-state index in [0.717, 1.165) is 35.2 Å². The van der Waals surface area contributed by atoms with Gasteiger partial charge in [0.15, 0.2) is 0 Å². The number of ether oxygens (including phenoxy) is 1. The Morgan fingerprint density at radius 1 is 1.16 bits per heavy atom. The van der Waals surface area contributed by atoms with Gasteiger partial charge in [-0.15, -0.1) is 0 Å². The molecule has 5 heteroatoms. The van der Waals surface area contributed by atoms with Crippen LogP contribution < -0.4 is 4.90 Å². The highest BCUT2D eigenvalue weighted by Crippen LogP contribution is 2.26. The molecule has 0 fully saturated rings. The standard InChI is InChI=1S/C20H21N3O2/c1-23(12-9-15-7-10-21-11-8-15)19-13-16(14-20(24)25-2)22-18-6-4-3-5-17(18)19/h3-8,10-11,13H,9,12,14H2,1-2H3. The van der Waals surface area contributed by atoms with Gasteiger partial charge >= 0.3 is 5.97 Å². The molecular formula is C20H21N3O2. The monoisotopic (exact) mass is 335 g/mol. The van der Waals surface area contributed by atoms with Gasteiger partial charge in [-0.2, -0.15) is 0 Å². The topological polar surface area (TPSA) is 55.3 Å². The summed E-state index contributed by atoms with van der Waals surface area (Å²) in [5.74, 6) is -0.284. The lowest BCUT2D eigenvalue weighted by atomic mass is 10.1. The first kappa shape index (κ1) is 16.9. The number of benzene rings is 1. The van der Waals surface area contributed by atoms with Gasteiger partial charge < -0.3 is 9.64 Å². The van der Waals surface area contributed by atoms with Crippen molar-refractivity contribution in [1.29, 1.82) is 0 Å². The van der Waals surface area contributed by atoms with E-state index in [-0.39, 0.29) is 12.4 Å². The molecule has 2 heterocycles. The lowest BCUT2D eigenvalue weighted by molar-refractivity contribution is -0.139. The second-order valence-electron chi connectivity index (χ2n) is 5.93. The molecule has 2 aromatic heterocycles. The first-order valence-corrected chi connectivity index (χ1v) is 8.23. The lowest BCUT2D eigenvalue weighted by Crippen LogP contribution is -2.21. The SMILES string of the molecule is COC(=O)Cc1cc(N(C)CCc2ccncc2)c2ccccc2n1. The van der Waals surface area contributed by atoms with Gasteiger partial charge in [-0.25, -0.2) is 0 Å². The van der Waals surface area contributed by atoms with Gasteiger partial charge in [0.1, 0.15) is 0 Å². The molecule has 0 aliphatic carbocycles. The summed E-state index contributed by atoms with van der Waals surface area (Å²) in [6.07, 6.45) is 4.71. The van der Waals surface area contributed by atoms with Crippen LogP contribution in [-0.2, 0) is 22.4 Å². The van der Waals surface area contributed by atoms with Crippen molar-refractivity contribution < 1.29 is 9.53 Å². The number of aromatic nitrogens is 2. The zero-order chi connectivity index (χ0) is 17.6. The fourth-order valence-electron chi connectivity index (χ4n) is 2.80. The molecule has 0 bridgehead atoms. The van der Waals surface area contributed by atoms with Crippen molar-refractivity contribution in [2.75, 3.05) is 25.6 Å². The molecule has 0 saturated carbocycles. The van der Waals surface area contributed by atoms with Crippen LogP contribution in [0.4, 0.5) is 5.69 Å². The third-order valence-electron chi connectivity index (χ3n) is 4.20. The van der Waals surface area contributed by atoms with E-state index in [1.54, 1.807) is 0 Å². The van der Waals surface area contributed by atoms with Crippen molar-refractivity contribution in [3.63, 3.8) is 0 Å². The highest BCUT2D eigenvalue weighted by Gasteiger charge is 2.12. The number of nitrogens with zero attached hydrogens (tertiary/aromatic N) is 3. The van der Waals surface area contributed by atoms with Gasteiger partial charge in [-0.05, 0) is 36.2 Å². The Kier molecular flexibility index (Phi) is 5.23. The maximum atomic E-state index is 11.6. The minimum absolute atomic E-state index is 0.173. The summed E-state index contributed by atoms with van der Waals surface area (Å²) in [6.45, 7) is 0.857. The van der Waals surface area contributed by atoms with E-state index in [1.165, 1.54) is 12.7 Å². The van der Waals surface area contributed by atoms with Gasteiger partial charge in [-0.1, -0.05) is 18.2 Å². The average molecular weight is 335 g/mol. The lowest BCUT2D eigenvalue weighted by Gasteiger charge is -2.22. The average Bonchev–Trinajstić information content (AvgIpc) is 2.66. The predicted octanol–water partition coefficient (Wildman–Crippen LogP) is 3.02. The van der Waals surface area contributed by atoms with Crippen molar-refractivity contribution in [3.8, 4) is 0 Å². The normalized spacial score (nSPS) is 10.6. The van der Waals surface area contributed by atoms with Crippen LogP contribution in [0.15, 0.2) is 54.9 Å². The fraction of sp³-hybridized carbons (Fsp3) is 0.250. The van der Waals surface area contributed by atoms with E-state index in [0.29, 0.717) is 0 Å². The van der Waals surface area contributed by atoms with E-state index in [4.69, 9.17) is 4.74 Å². The molecule has 1 aromatic carbocycles. The molecule has 0 amide bonds. The Labute approximate surface area is 147 Å². The number of fused-ring (bicyclic) bond motifs is 1. The number of para-hydroxylation sites is 1. The van der Waals surface area contributed by atoms with E-state index in [2.05, 4.69) is 28.0 Å². The maximum absolute atomic E-state index is 11.6. The van der Waals surface area contributed by atoms with Crippen LogP contribution in [0.2, 0.25) is 0 Å². The quantitative estimate of drug-likeness (QED) is 0.648. The van der Waals surface area contributed by atoms with Gasteiger partial charge in [0.25, 0.3) is 0 Å². The van der Waals surface area contributed by atoms with E-state index >= 15 is 0 Å². The molecule has 3 rings (SSSR count). The van der Waals surface area contributed by atoms with Gasteiger partial charge in [-0.3, -0.25) is 14.8 Å². The number of pyridine rings is 2. The van der Waals surface area contributed by atoms with Crippen LogP contribution in [0.1, 0.15) is 11.3 Å². The molecule has 0 saturated heterocycles. The van der Waals surface area contributed by atoms with E-state index in [1.807, 2.05) is 48.8 Å². The molecule has 0 spiro atoms. The molecule has 0 radical (unpaired) electrons. The smallest absolute Gasteiger partial charge is 0.311 e. The molecule has 3 aromatic rings. The Morgan fingerprint density at radius 2 is 1.92 bits per heavy atom. The number of esters is 1. The largest absolute Gasteiger partial charge is 0.469 e. The first-order valence-electron chi connectivity index (χ1n) is 8.23. The number of likely N-dealkylation sites (N-methyl/N-ethyl adjacent to an activating group) is 1. The van der Waals surface area contributed by atoms with Crippen LogP contribution in [-0.4, -0.2) is 36.6 Å². The van der Waals surface area contributed by atoms with Gasteiger partial charge in [0.2, 0.25) is 0 Å². The van der Waals surface area contributed by atoms with Crippen molar-refractivity contribution in [3.05, 3.63) is 66.1 Å². The number of hydrogen-bond acceptors (Lipinski definition) is 5. The first-order chi connectivity index (χ1) is 12.2. The number of rotatable bonds is 6. The summed E-state index contributed by atoms with van der Waals surface area (Å²) in [5, 5.41) is 1.08. The summed E-state index contributed by atoms with van der Waals surface area (Å²) >= 11 is 0. The maximum Gasteiger partial charge on any atom is 0.311 e. The molecule has 0 aliphatic rings. The highest BCUT2D eigenvalue weighted by atomic mass is 16.5. The van der Waals surface area contributed by atoms with Crippen molar-refractivity contribution >= 4 is 22.6 Å². The molecule has 128 valence electrons. The Bertz CT molecular complexity index is 865. The van der Waals surface area contributed by atoms with Crippen LogP contribution in [0.3, 0.4) is 0 Å². The Hall–Kier alpha value is -2.95. The summed E-state index contributed by atoms with van der Waals surface area (Å²) < 4.78 is 4.77. The minimum Gasteiger partial charge on any atom is -0.469 e. The molecule has 0 atom stereocenters. The molecule has 0 unspecified atom stereocenters. The number of carbonyl (C=O) groups excluding carboxylic acids is 1. The van der Waals surface area contributed by atoms with Crippen molar-refractivity contribution in [1.82, 2.24) is 9.97 Å². The Balaban J connectivity index is 1.88. The van der Waals surface area contributed by atoms with Crippen LogP contribution in [0.25, 0.3) is 10.9 Å². The number of hydrogen-bond donors (Lipinski definition) is 0. The third kappa shape index (κ3) is 4.12. The summed E-state index contributed by atoms with van der Waals surface area (Å²) in [6, 6.07) is 14.0. The third-order valence-corrected chi connectivity index (χ3v) is 4.20. The molecule has 0 aliphatic heterocycles. The predicted molar refractivity (Wildman–Crippen MR) is 98.7 cm³/mol. The molecule has 25 heavy (non-hydrogen) atoms. The molecule has 5 nitrogen and oxygen atoms in total. The van der Waals surface area contributed by atoms with Crippen molar-refractivity contribution in [2.45, 2.75) is 12.8 Å². The summed E-state index contributed by atoms with van der Waals surface area (Å²) in [7, 11) is 3.45. The summed E-state index contributed by atoms with van der Waals surface area (Å²) in [5.41, 5.74) is 3.92. The highest BCUT2D eigenvalue weighted by molar-refractivity contribution is 5.92. The molecule has 0 N–H and O–H groups in total. The Morgan fingerprint density at radius 3 is 2.68 bits per heavy atom. The zero-order valence-electron chi connectivity index (χ0n) is 14.5. The summed E-state index contributed by atoms with van der Waals surface area (Å²) in [4.78, 5) is 22.5. The van der Waals surface area contributed by atoms with Gasteiger partial charge in [0.05, 0.1) is 24.7 Å². The second-order valence-corrected chi connectivity index (χ2v) is 5.93. The van der Waals surface area contributed by atoms with Crippen LogP contribution in [0.5, 0.6) is 0 Å². The zero-order valence-corrected chi connectivity index (χ0v) is 14.5. The number of carbonyl (C=O) groups is 1. The number of methoxy groups -OCH3 is 1. The fourth-order valence-corrected chi connectivity index (χ4v) is 2.80. The number of anilines is 1. The van der Waals surface area contributed by atoms with Crippen LogP contribution in [0, 0.1) is 0 Å². The van der Waals surface area contributed by atoms with Crippen LogP contribution >= 0.6 is 0 Å².